The van der Waals surface area contributed by atoms with Gasteiger partial charge in [-0.2, -0.15) is 69.9 Å². The van der Waals surface area contributed by atoms with Crippen LogP contribution in [0.4, 0.5) is 61.5 Å². The Hall–Kier alpha value is -1.37. The largest absolute Gasteiger partial charge is 0.438 e. The third-order valence-electron chi connectivity index (χ3n) is 2.98. The molecule has 0 fully saturated rings. The molecule has 0 spiro atoms. The first-order valence-corrected chi connectivity index (χ1v) is 8.03. The Balaban J connectivity index is 0. The lowest BCUT2D eigenvalue weighted by atomic mass is 9.92. The zero-order chi connectivity index (χ0) is 25.4. The second kappa shape index (κ2) is 8.29. The van der Waals surface area contributed by atoms with Gasteiger partial charge in [0.2, 0.25) is 0 Å². The van der Waals surface area contributed by atoms with Crippen LogP contribution < -0.4 is 5.73 Å². The lowest BCUT2D eigenvalue weighted by Gasteiger charge is -2.41. The van der Waals surface area contributed by atoms with Gasteiger partial charge >= 0.3 is 50.9 Å². The quantitative estimate of drug-likeness (QED) is 0.292. The molecule has 0 saturated heterocycles. The number of hydrogen-bond donors (Lipinski definition) is 2. The summed E-state index contributed by atoms with van der Waals surface area (Å²) in [5, 5.41) is -7.60. The van der Waals surface area contributed by atoms with Crippen LogP contribution >= 0.6 is 0 Å². The summed E-state index contributed by atoms with van der Waals surface area (Å²) in [5.41, 5.74) is 4.91. The fourth-order valence-corrected chi connectivity index (χ4v) is 1.66. The summed E-state index contributed by atoms with van der Waals surface area (Å²) in [6.45, 7) is 2.73. The molecule has 0 aromatic rings. The summed E-state index contributed by atoms with van der Waals surface area (Å²) < 4.78 is 207. The molecular weight excluding hydrogens is 492 g/mol. The zero-order valence-electron chi connectivity index (χ0n) is 14.0. The maximum Gasteiger partial charge on any atom is 0.438 e. The smallest absolute Gasteiger partial charge is 0.327 e. The van der Waals surface area contributed by atoms with Crippen LogP contribution in [-0.2, 0) is 10.1 Å². The molecule has 0 aliphatic carbocycles. The number of halogens is 14. The van der Waals surface area contributed by atoms with Crippen molar-refractivity contribution in [3.05, 3.63) is 12.7 Å². The van der Waals surface area contributed by atoms with Crippen molar-refractivity contribution >= 4 is 10.1 Å². The number of alkyl halides is 14. The van der Waals surface area contributed by atoms with Crippen LogP contribution in [0.1, 0.15) is 6.92 Å². The molecule has 0 aliphatic rings. The summed E-state index contributed by atoms with van der Waals surface area (Å²) in [6, 6.07) is 0. The first-order valence-electron chi connectivity index (χ1n) is 6.59. The molecule has 0 aliphatic heterocycles. The minimum atomic E-state index is -8.38. The Morgan fingerprint density at radius 1 is 0.733 bits per heavy atom. The van der Waals surface area contributed by atoms with Gasteiger partial charge in [-0.15, -0.1) is 6.58 Å². The van der Waals surface area contributed by atoms with E-state index in [4.69, 9.17) is 10.3 Å². The molecule has 19 heteroatoms. The third kappa shape index (κ3) is 4.46. The maximum absolute atomic E-state index is 13.0. The highest BCUT2D eigenvalue weighted by Gasteiger charge is 2.93. The molecule has 3 N–H and O–H groups in total. The minimum Gasteiger partial charge on any atom is -0.327 e. The Kier molecular flexibility index (Phi) is 8.51. The zero-order valence-corrected chi connectivity index (χ0v) is 14.8. The average molecular weight is 503 g/mol. The molecule has 0 rings (SSSR count). The van der Waals surface area contributed by atoms with Crippen molar-refractivity contribution in [1.29, 1.82) is 0 Å². The van der Waals surface area contributed by atoms with Gasteiger partial charge in [0.1, 0.15) is 0 Å². The van der Waals surface area contributed by atoms with Gasteiger partial charge < -0.3 is 5.73 Å². The standard InChI is InChI=1S/C8H4F14O3S.C3H7N/c1-2(9,10)3(11,12)4(13,14)5(15,16)6(17,18)7(19,20)8(21,22)26(23,24)25;1-2-3-4/h1H3,(H,23,24,25);2H,1,3-4H2. The summed E-state index contributed by atoms with van der Waals surface area (Å²) in [5.74, 6) is -46.7. The lowest BCUT2D eigenvalue weighted by molar-refractivity contribution is -0.434. The van der Waals surface area contributed by atoms with Crippen LogP contribution in [0.3, 0.4) is 0 Å². The van der Waals surface area contributed by atoms with Crippen LogP contribution in [0, 0.1) is 0 Å². The monoisotopic (exact) mass is 503 g/mol. The highest BCUT2D eigenvalue weighted by Crippen LogP contribution is 2.62. The minimum absolute atomic E-state index is 0.583. The van der Waals surface area contributed by atoms with E-state index in [2.05, 4.69) is 6.58 Å². The van der Waals surface area contributed by atoms with Gasteiger partial charge in [0.25, 0.3) is 0 Å². The van der Waals surface area contributed by atoms with Crippen LogP contribution in [0.25, 0.3) is 0 Å². The topological polar surface area (TPSA) is 80.4 Å². The molecule has 4 nitrogen and oxygen atoms in total. The Bertz CT molecular complexity index is 713. The molecule has 0 bridgehead atoms. The van der Waals surface area contributed by atoms with Gasteiger partial charge in [-0.05, 0) is 0 Å². The van der Waals surface area contributed by atoms with Crippen LogP contribution in [0.2, 0.25) is 0 Å². The molecular formula is C11H11F14NO3S. The fourth-order valence-electron chi connectivity index (χ4n) is 1.21. The number of hydrogen-bond acceptors (Lipinski definition) is 3. The summed E-state index contributed by atoms with van der Waals surface area (Å²) in [7, 11) is -7.69. The highest BCUT2D eigenvalue weighted by atomic mass is 32.2. The SMILES string of the molecule is C=CCN.CC(F)(F)C(F)(F)C(F)(F)C(F)(F)C(F)(F)C(F)(F)C(F)(F)S(=O)(=O)O. The Morgan fingerprint density at radius 2 is 0.967 bits per heavy atom. The van der Waals surface area contributed by atoms with Crippen molar-refractivity contribution in [2.24, 2.45) is 5.73 Å². The van der Waals surface area contributed by atoms with Crippen molar-refractivity contribution in [3.63, 3.8) is 0 Å². The van der Waals surface area contributed by atoms with Gasteiger partial charge in [-0.1, -0.05) is 6.08 Å². The van der Waals surface area contributed by atoms with Crippen molar-refractivity contribution in [2.75, 3.05) is 6.54 Å². The third-order valence-corrected chi connectivity index (χ3v) is 3.89. The molecule has 0 aromatic carbocycles. The van der Waals surface area contributed by atoms with Gasteiger partial charge in [0.05, 0.1) is 0 Å². The number of nitrogens with two attached hydrogens (primary N) is 1. The first-order chi connectivity index (χ1) is 12.7. The van der Waals surface area contributed by atoms with Crippen LogP contribution in [0.5, 0.6) is 0 Å². The van der Waals surface area contributed by atoms with Crippen LogP contribution in [-0.4, -0.2) is 60.3 Å². The van der Waals surface area contributed by atoms with E-state index >= 15 is 0 Å². The van der Waals surface area contributed by atoms with Crippen molar-refractivity contribution < 1.29 is 74.4 Å². The van der Waals surface area contributed by atoms with Gasteiger partial charge in [0.15, 0.2) is 0 Å². The summed E-state index contributed by atoms with van der Waals surface area (Å²) in [4.78, 5) is 0. The summed E-state index contributed by atoms with van der Waals surface area (Å²) in [6.07, 6.45) is 1.65. The highest BCUT2D eigenvalue weighted by molar-refractivity contribution is 7.87. The summed E-state index contributed by atoms with van der Waals surface area (Å²) >= 11 is 0. The van der Waals surface area contributed by atoms with E-state index in [0.29, 0.717) is 6.54 Å². The molecule has 0 aromatic heterocycles. The second-order valence-electron chi connectivity index (χ2n) is 5.28. The second-order valence-corrected chi connectivity index (χ2v) is 6.74. The van der Waals surface area contributed by atoms with Crippen molar-refractivity contribution in [1.82, 2.24) is 0 Å². The van der Waals surface area contributed by atoms with E-state index in [-0.39, 0.29) is 0 Å². The predicted molar refractivity (Wildman–Crippen MR) is 71.1 cm³/mol. The normalized spacial score (nSPS) is 15.4. The predicted octanol–water partition coefficient (Wildman–Crippen LogP) is 4.43. The molecule has 30 heavy (non-hydrogen) atoms. The Morgan fingerprint density at radius 3 is 1.17 bits per heavy atom. The van der Waals surface area contributed by atoms with E-state index in [1.165, 1.54) is 0 Å². The Labute approximate surface area is 158 Å². The maximum atomic E-state index is 13.0. The molecule has 182 valence electrons. The van der Waals surface area contributed by atoms with Crippen molar-refractivity contribution in [2.45, 2.75) is 47.7 Å². The van der Waals surface area contributed by atoms with Gasteiger partial charge in [-0.3, -0.25) is 4.55 Å². The molecule has 0 amide bonds. The lowest BCUT2D eigenvalue weighted by Crippen LogP contribution is -2.73. The van der Waals surface area contributed by atoms with Crippen molar-refractivity contribution in [3.8, 4) is 0 Å². The van der Waals surface area contributed by atoms with E-state index in [1.54, 1.807) is 6.08 Å². The molecule has 0 atom stereocenters. The van der Waals surface area contributed by atoms with E-state index < -0.39 is 57.8 Å². The van der Waals surface area contributed by atoms with E-state index in [9.17, 15) is 69.9 Å². The number of rotatable bonds is 8. The first kappa shape index (κ1) is 30.8. The van der Waals surface area contributed by atoms with E-state index in [0.717, 1.165) is 0 Å². The van der Waals surface area contributed by atoms with Gasteiger partial charge in [-0.25, -0.2) is 0 Å². The molecule has 0 unspecified atom stereocenters. The van der Waals surface area contributed by atoms with E-state index in [1.807, 2.05) is 0 Å². The van der Waals surface area contributed by atoms with Gasteiger partial charge in [0, 0.05) is 13.5 Å². The van der Waals surface area contributed by atoms with Crippen LogP contribution in [0.15, 0.2) is 12.7 Å². The average Bonchev–Trinajstić information content (AvgIpc) is 2.51. The fraction of sp³-hybridized carbons (Fsp3) is 0.818. The molecule has 0 heterocycles. The molecule has 0 radical (unpaired) electrons. The molecule has 0 saturated carbocycles.